The molecule has 2 amide bonds. The lowest BCUT2D eigenvalue weighted by Crippen LogP contribution is -2.27. The summed E-state index contributed by atoms with van der Waals surface area (Å²) >= 11 is 0. The van der Waals surface area contributed by atoms with Gasteiger partial charge in [0.05, 0.1) is 11.5 Å². The zero-order valence-corrected chi connectivity index (χ0v) is 17.7. The number of nitrogens with one attached hydrogen (secondary N) is 2. The van der Waals surface area contributed by atoms with Gasteiger partial charge in [0.1, 0.15) is 0 Å². The van der Waals surface area contributed by atoms with Crippen molar-refractivity contribution in [2.45, 2.75) is 25.7 Å². The molecule has 2 aromatic rings. The van der Waals surface area contributed by atoms with Gasteiger partial charge in [-0.25, -0.2) is 0 Å². The highest BCUT2D eigenvalue weighted by molar-refractivity contribution is 6.02. The summed E-state index contributed by atoms with van der Waals surface area (Å²) in [7, 11) is 5.41. The lowest BCUT2D eigenvalue weighted by Gasteiger charge is -2.20. The second kappa shape index (κ2) is 11.2. The molecule has 6 nitrogen and oxygen atoms in total. The van der Waals surface area contributed by atoms with Crippen LogP contribution in [-0.2, 0) is 9.53 Å². The first-order valence-electron chi connectivity index (χ1n) is 9.92. The Morgan fingerprint density at radius 1 is 1.10 bits per heavy atom. The minimum Gasteiger partial charge on any atom is -0.385 e. The summed E-state index contributed by atoms with van der Waals surface area (Å²) in [6.07, 6.45) is 1.43. The van der Waals surface area contributed by atoms with E-state index in [4.69, 9.17) is 4.74 Å². The topological polar surface area (TPSA) is 70.7 Å². The predicted molar refractivity (Wildman–Crippen MR) is 118 cm³/mol. The lowest BCUT2D eigenvalue weighted by molar-refractivity contribution is -0.117. The van der Waals surface area contributed by atoms with Crippen molar-refractivity contribution < 1.29 is 14.3 Å². The van der Waals surface area contributed by atoms with Crippen molar-refractivity contribution in [3.63, 3.8) is 0 Å². The molecule has 0 radical (unpaired) electrons. The summed E-state index contributed by atoms with van der Waals surface area (Å²) in [5.41, 5.74) is 2.91. The fourth-order valence-corrected chi connectivity index (χ4v) is 3.19. The van der Waals surface area contributed by atoms with Gasteiger partial charge in [0, 0.05) is 45.7 Å². The molecule has 0 saturated carbocycles. The van der Waals surface area contributed by atoms with Gasteiger partial charge < -0.3 is 20.3 Å². The number of nitrogens with zero attached hydrogens (tertiary/aromatic N) is 1. The van der Waals surface area contributed by atoms with Crippen LogP contribution in [0.25, 0.3) is 0 Å². The monoisotopic (exact) mass is 397 g/mol. The highest BCUT2D eigenvalue weighted by Crippen LogP contribution is 2.25. The van der Waals surface area contributed by atoms with Crippen LogP contribution < -0.4 is 15.5 Å². The Kier molecular flexibility index (Phi) is 8.68. The Hall–Kier alpha value is -2.86. The molecule has 0 unspecified atom stereocenters. The molecule has 0 aliphatic carbocycles. The lowest BCUT2D eigenvalue weighted by atomic mass is 9.95. The molecule has 0 aliphatic rings. The molecule has 0 spiro atoms. The van der Waals surface area contributed by atoms with E-state index in [1.807, 2.05) is 68.4 Å². The number of amides is 2. The Morgan fingerprint density at radius 2 is 1.83 bits per heavy atom. The van der Waals surface area contributed by atoms with E-state index in [0.29, 0.717) is 30.8 Å². The third-order valence-corrected chi connectivity index (χ3v) is 4.73. The summed E-state index contributed by atoms with van der Waals surface area (Å²) in [6, 6.07) is 15.1. The highest BCUT2D eigenvalue weighted by Gasteiger charge is 2.20. The minimum atomic E-state index is -0.240. The molecule has 0 fully saturated rings. The molecular formula is C23H31N3O3. The van der Waals surface area contributed by atoms with E-state index in [0.717, 1.165) is 17.7 Å². The van der Waals surface area contributed by atoms with Crippen molar-refractivity contribution in [2.24, 2.45) is 0 Å². The van der Waals surface area contributed by atoms with Crippen molar-refractivity contribution in [3.05, 3.63) is 59.7 Å². The van der Waals surface area contributed by atoms with Crippen LogP contribution in [0.5, 0.6) is 0 Å². The van der Waals surface area contributed by atoms with Crippen LogP contribution in [0, 0.1) is 0 Å². The number of hydrogen-bond donors (Lipinski definition) is 2. The maximum absolute atomic E-state index is 12.9. The number of methoxy groups -OCH3 is 1. The van der Waals surface area contributed by atoms with Gasteiger partial charge >= 0.3 is 0 Å². The maximum atomic E-state index is 12.9. The van der Waals surface area contributed by atoms with Crippen LogP contribution in [0.1, 0.15) is 41.6 Å². The van der Waals surface area contributed by atoms with Crippen LogP contribution in [0.4, 0.5) is 11.4 Å². The Balaban J connectivity index is 2.18. The zero-order chi connectivity index (χ0) is 21.2. The summed E-state index contributed by atoms with van der Waals surface area (Å²) < 4.78 is 5.02. The molecule has 0 aromatic heterocycles. The van der Waals surface area contributed by atoms with Gasteiger partial charge in [0.15, 0.2) is 0 Å². The number of benzene rings is 2. The van der Waals surface area contributed by atoms with Crippen LogP contribution >= 0.6 is 0 Å². The summed E-state index contributed by atoms with van der Waals surface area (Å²) in [5.74, 6) is -0.491. The standard InChI is InChI=1S/C23H31N3O3/c1-5-19(17-10-7-6-8-11-17)23(28)25-18-12-13-21(26(2)3)20(16-18)22(27)24-14-9-15-29-4/h6-8,10-13,16,19H,5,9,14-15H2,1-4H3,(H,24,27)(H,25,28)/t19-/m0/s1. The van der Waals surface area contributed by atoms with E-state index < -0.39 is 0 Å². The maximum Gasteiger partial charge on any atom is 0.253 e. The quantitative estimate of drug-likeness (QED) is 0.601. The van der Waals surface area contributed by atoms with E-state index >= 15 is 0 Å². The van der Waals surface area contributed by atoms with E-state index in [-0.39, 0.29) is 17.7 Å². The molecule has 2 N–H and O–H groups in total. The third kappa shape index (κ3) is 6.32. The summed E-state index contributed by atoms with van der Waals surface area (Å²) in [4.78, 5) is 27.4. The fraction of sp³-hybridized carbons (Fsp3) is 0.391. The van der Waals surface area contributed by atoms with Gasteiger partial charge in [-0.3, -0.25) is 9.59 Å². The largest absolute Gasteiger partial charge is 0.385 e. The van der Waals surface area contributed by atoms with Crippen molar-refractivity contribution >= 4 is 23.2 Å². The van der Waals surface area contributed by atoms with Crippen LogP contribution in [0.2, 0.25) is 0 Å². The van der Waals surface area contributed by atoms with Gasteiger partial charge in [-0.05, 0) is 36.6 Å². The third-order valence-electron chi connectivity index (χ3n) is 4.73. The minimum absolute atomic E-state index is 0.0808. The molecule has 29 heavy (non-hydrogen) atoms. The smallest absolute Gasteiger partial charge is 0.253 e. The van der Waals surface area contributed by atoms with E-state index in [2.05, 4.69) is 10.6 Å². The van der Waals surface area contributed by atoms with Crippen molar-refractivity contribution in [1.29, 1.82) is 0 Å². The molecular weight excluding hydrogens is 366 g/mol. The van der Waals surface area contributed by atoms with Gasteiger partial charge in [0.25, 0.3) is 5.91 Å². The van der Waals surface area contributed by atoms with E-state index in [1.165, 1.54) is 0 Å². The number of rotatable bonds is 10. The average molecular weight is 398 g/mol. The molecule has 1 atom stereocenters. The second-order valence-corrected chi connectivity index (χ2v) is 7.09. The molecule has 0 aliphatic heterocycles. The van der Waals surface area contributed by atoms with Crippen LogP contribution in [0.15, 0.2) is 48.5 Å². The van der Waals surface area contributed by atoms with Crippen molar-refractivity contribution in [3.8, 4) is 0 Å². The zero-order valence-electron chi connectivity index (χ0n) is 17.7. The molecule has 0 saturated heterocycles. The molecule has 2 aromatic carbocycles. The SMILES string of the molecule is CC[C@H](C(=O)Nc1ccc(N(C)C)c(C(=O)NCCCOC)c1)c1ccccc1. The Morgan fingerprint density at radius 3 is 2.45 bits per heavy atom. The number of carbonyl (C=O) groups is 2. The fourth-order valence-electron chi connectivity index (χ4n) is 3.19. The Bertz CT molecular complexity index is 806. The molecule has 6 heteroatoms. The first-order valence-corrected chi connectivity index (χ1v) is 9.92. The summed E-state index contributed by atoms with van der Waals surface area (Å²) in [6.45, 7) is 3.11. The van der Waals surface area contributed by atoms with Gasteiger partial charge in [-0.15, -0.1) is 0 Å². The van der Waals surface area contributed by atoms with Crippen LogP contribution in [0.3, 0.4) is 0 Å². The number of ether oxygens (including phenoxy) is 1. The second-order valence-electron chi connectivity index (χ2n) is 7.09. The molecule has 156 valence electrons. The first-order chi connectivity index (χ1) is 14.0. The number of carbonyl (C=O) groups excluding carboxylic acids is 2. The summed E-state index contributed by atoms with van der Waals surface area (Å²) in [5, 5.41) is 5.88. The molecule has 0 heterocycles. The van der Waals surface area contributed by atoms with E-state index in [9.17, 15) is 9.59 Å². The van der Waals surface area contributed by atoms with Crippen LogP contribution in [-0.4, -0.2) is 46.2 Å². The molecule has 2 rings (SSSR count). The number of hydrogen-bond acceptors (Lipinski definition) is 4. The van der Waals surface area contributed by atoms with Gasteiger partial charge in [-0.1, -0.05) is 37.3 Å². The van der Waals surface area contributed by atoms with Crippen molar-refractivity contribution in [1.82, 2.24) is 5.32 Å². The molecule has 0 bridgehead atoms. The number of anilines is 2. The Labute approximate surface area is 173 Å². The van der Waals surface area contributed by atoms with Crippen molar-refractivity contribution in [2.75, 3.05) is 44.6 Å². The van der Waals surface area contributed by atoms with Gasteiger partial charge in [-0.2, -0.15) is 0 Å². The average Bonchev–Trinajstić information content (AvgIpc) is 2.72. The normalized spacial score (nSPS) is 11.6. The highest BCUT2D eigenvalue weighted by atomic mass is 16.5. The first kappa shape index (κ1) is 22.4. The van der Waals surface area contributed by atoms with Gasteiger partial charge in [0.2, 0.25) is 5.91 Å². The predicted octanol–water partition coefficient (Wildman–Crippen LogP) is 3.65. The van der Waals surface area contributed by atoms with E-state index in [1.54, 1.807) is 13.2 Å².